The monoisotopic (exact) mass is 418 g/mol. The Hall–Kier alpha value is -2.05. The number of ether oxygens (including phenoxy) is 1. The van der Waals surface area contributed by atoms with Gasteiger partial charge in [0.2, 0.25) is 0 Å². The summed E-state index contributed by atoms with van der Waals surface area (Å²) in [5, 5.41) is 0. The van der Waals surface area contributed by atoms with Crippen LogP contribution in [0.1, 0.15) is 48.5 Å². The van der Waals surface area contributed by atoms with E-state index in [2.05, 4.69) is 21.9 Å². The van der Waals surface area contributed by atoms with Crippen LogP contribution in [0.2, 0.25) is 0 Å². The molecule has 30 heavy (non-hydrogen) atoms. The summed E-state index contributed by atoms with van der Waals surface area (Å²) in [5.74, 6) is 0.470. The second-order valence-electron chi connectivity index (χ2n) is 8.32. The summed E-state index contributed by atoms with van der Waals surface area (Å²) in [7, 11) is 0. The summed E-state index contributed by atoms with van der Waals surface area (Å²) in [5.41, 5.74) is 1.71. The molecule has 1 saturated heterocycles. The number of nitrogens with zero attached hydrogens (tertiary/aromatic N) is 2. The maximum absolute atomic E-state index is 12.8. The molecule has 2 aliphatic heterocycles. The molecule has 4 rings (SSSR count). The predicted octanol–water partition coefficient (Wildman–Crippen LogP) is 5.52. The van der Waals surface area contributed by atoms with Crippen LogP contribution in [0.25, 0.3) is 0 Å². The first kappa shape index (κ1) is 21.2. The second-order valence-corrected chi connectivity index (χ2v) is 8.32. The van der Waals surface area contributed by atoms with Crippen molar-refractivity contribution in [1.82, 2.24) is 9.80 Å². The summed E-state index contributed by atoms with van der Waals surface area (Å²) < 4.78 is 44.6. The van der Waals surface area contributed by atoms with E-state index in [1.54, 1.807) is 0 Å². The molecule has 3 nitrogen and oxygen atoms in total. The maximum Gasteiger partial charge on any atom is 0.416 e. The topological polar surface area (TPSA) is 15.7 Å². The van der Waals surface area contributed by atoms with Crippen molar-refractivity contribution in [1.29, 1.82) is 0 Å². The standard InChI is InChI=1S/C24H29F3N2O/c25-24(26,27)20-9-11-21(12-10-20)30-23-18-29(17-19-7-2-3-8-22(19)23)16-6-15-28-13-4-1-5-14-28/h2-3,7-12,23H,1,4-6,13-18H2. The summed E-state index contributed by atoms with van der Waals surface area (Å²) in [6.07, 6.45) is 0.570. The average molecular weight is 419 g/mol. The van der Waals surface area contributed by atoms with Crippen LogP contribution in [-0.2, 0) is 12.7 Å². The van der Waals surface area contributed by atoms with Gasteiger partial charge in [-0.25, -0.2) is 0 Å². The molecule has 2 heterocycles. The third-order valence-corrected chi connectivity index (χ3v) is 6.08. The highest BCUT2D eigenvalue weighted by Gasteiger charge is 2.31. The first-order chi connectivity index (χ1) is 14.5. The average Bonchev–Trinajstić information content (AvgIpc) is 2.74. The first-order valence-electron chi connectivity index (χ1n) is 10.9. The highest BCUT2D eigenvalue weighted by molar-refractivity contribution is 5.34. The zero-order valence-corrected chi connectivity index (χ0v) is 17.2. The predicted molar refractivity (Wildman–Crippen MR) is 111 cm³/mol. The molecule has 0 aliphatic carbocycles. The molecule has 0 amide bonds. The highest BCUT2D eigenvalue weighted by atomic mass is 19.4. The minimum absolute atomic E-state index is 0.179. The van der Waals surface area contributed by atoms with Crippen molar-refractivity contribution in [2.45, 2.75) is 44.5 Å². The van der Waals surface area contributed by atoms with Gasteiger partial charge in [-0.05, 0) is 80.8 Å². The van der Waals surface area contributed by atoms with Crippen molar-refractivity contribution in [3.63, 3.8) is 0 Å². The van der Waals surface area contributed by atoms with Crippen LogP contribution >= 0.6 is 0 Å². The van der Waals surface area contributed by atoms with Gasteiger partial charge in [0.1, 0.15) is 11.9 Å². The van der Waals surface area contributed by atoms with Crippen molar-refractivity contribution < 1.29 is 17.9 Å². The lowest BCUT2D eigenvalue weighted by atomic mass is 9.97. The Morgan fingerprint density at radius 1 is 0.867 bits per heavy atom. The molecule has 0 saturated carbocycles. The van der Waals surface area contributed by atoms with Crippen LogP contribution in [0.15, 0.2) is 48.5 Å². The highest BCUT2D eigenvalue weighted by Crippen LogP contribution is 2.33. The third kappa shape index (κ3) is 5.35. The largest absolute Gasteiger partial charge is 0.484 e. The number of benzene rings is 2. The molecule has 162 valence electrons. The van der Waals surface area contributed by atoms with Gasteiger partial charge in [-0.3, -0.25) is 4.90 Å². The number of hydrogen-bond donors (Lipinski definition) is 0. The molecule has 1 fully saturated rings. The molecule has 2 aromatic carbocycles. The van der Waals surface area contributed by atoms with Crippen molar-refractivity contribution in [3.8, 4) is 5.75 Å². The van der Waals surface area contributed by atoms with E-state index in [0.29, 0.717) is 5.75 Å². The van der Waals surface area contributed by atoms with Gasteiger partial charge in [-0.15, -0.1) is 0 Å². The zero-order valence-electron chi connectivity index (χ0n) is 17.2. The van der Waals surface area contributed by atoms with Crippen LogP contribution in [0.3, 0.4) is 0 Å². The van der Waals surface area contributed by atoms with Gasteiger partial charge >= 0.3 is 6.18 Å². The fourth-order valence-electron chi connectivity index (χ4n) is 4.49. The van der Waals surface area contributed by atoms with E-state index in [-0.39, 0.29) is 6.10 Å². The van der Waals surface area contributed by atoms with Crippen molar-refractivity contribution in [2.24, 2.45) is 0 Å². The number of halogens is 3. The Balaban J connectivity index is 1.40. The summed E-state index contributed by atoms with van der Waals surface area (Å²) >= 11 is 0. The quantitative estimate of drug-likeness (QED) is 0.615. The molecule has 2 aromatic rings. The number of piperidine rings is 1. The van der Waals surface area contributed by atoms with Crippen molar-refractivity contribution in [2.75, 3.05) is 32.7 Å². The fraction of sp³-hybridized carbons (Fsp3) is 0.500. The summed E-state index contributed by atoms with van der Waals surface area (Å²) in [6, 6.07) is 13.2. The minimum Gasteiger partial charge on any atom is -0.484 e. The summed E-state index contributed by atoms with van der Waals surface area (Å²) in [4.78, 5) is 4.96. The molecule has 0 aromatic heterocycles. The molecule has 6 heteroatoms. The Kier molecular flexibility index (Phi) is 6.64. The van der Waals surface area contributed by atoms with Crippen LogP contribution in [0.4, 0.5) is 13.2 Å². The number of fused-ring (bicyclic) bond motifs is 1. The molecule has 0 spiro atoms. The van der Waals surface area contributed by atoms with Gasteiger partial charge < -0.3 is 9.64 Å². The Labute approximate surface area is 176 Å². The van der Waals surface area contributed by atoms with E-state index in [1.807, 2.05) is 12.1 Å². The van der Waals surface area contributed by atoms with Gasteiger partial charge in [0, 0.05) is 13.1 Å². The number of likely N-dealkylation sites (tertiary alicyclic amines) is 1. The van der Waals surface area contributed by atoms with Crippen LogP contribution in [-0.4, -0.2) is 42.5 Å². The molecule has 0 radical (unpaired) electrons. The Bertz CT molecular complexity index is 816. The number of rotatable bonds is 6. The van der Waals surface area contributed by atoms with E-state index in [0.717, 1.165) is 50.3 Å². The van der Waals surface area contributed by atoms with E-state index in [4.69, 9.17) is 4.74 Å². The fourth-order valence-corrected chi connectivity index (χ4v) is 4.49. The Morgan fingerprint density at radius 3 is 2.30 bits per heavy atom. The van der Waals surface area contributed by atoms with Crippen molar-refractivity contribution >= 4 is 0 Å². The number of hydrogen-bond acceptors (Lipinski definition) is 3. The number of alkyl halides is 3. The zero-order chi connectivity index (χ0) is 21.0. The lowest BCUT2D eigenvalue weighted by Crippen LogP contribution is -2.38. The van der Waals surface area contributed by atoms with E-state index in [1.165, 1.54) is 50.0 Å². The molecule has 1 atom stereocenters. The molecular formula is C24H29F3N2O. The lowest BCUT2D eigenvalue weighted by Gasteiger charge is -2.35. The molecule has 0 bridgehead atoms. The van der Waals surface area contributed by atoms with Crippen LogP contribution in [0, 0.1) is 0 Å². The van der Waals surface area contributed by atoms with E-state index < -0.39 is 11.7 Å². The molecule has 1 unspecified atom stereocenters. The minimum atomic E-state index is -4.33. The van der Waals surface area contributed by atoms with Crippen molar-refractivity contribution in [3.05, 3.63) is 65.2 Å². The van der Waals surface area contributed by atoms with Gasteiger partial charge in [-0.2, -0.15) is 13.2 Å². The van der Waals surface area contributed by atoms with Crippen LogP contribution < -0.4 is 4.74 Å². The SMILES string of the molecule is FC(F)(F)c1ccc(OC2CN(CCCN3CCCCC3)Cc3ccccc32)cc1. The normalized spacial score (nSPS) is 20.7. The van der Waals surface area contributed by atoms with E-state index in [9.17, 15) is 13.2 Å². The molecule has 0 N–H and O–H groups in total. The first-order valence-corrected chi connectivity index (χ1v) is 10.9. The Morgan fingerprint density at radius 2 is 1.57 bits per heavy atom. The lowest BCUT2D eigenvalue weighted by molar-refractivity contribution is -0.137. The van der Waals surface area contributed by atoms with Crippen LogP contribution in [0.5, 0.6) is 5.75 Å². The molecule has 2 aliphatic rings. The molecular weight excluding hydrogens is 389 g/mol. The van der Waals surface area contributed by atoms with E-state index >= 15 is 0 Å². The smallest absolute Gasteiger partial charge is 0.416 e. The van der Waals surface area contributed by atoms with Gasteiger partial charge in [0.25, 0.3) is 0 Å². The maximum atomic E-state index is 12.8. The third-order valence-electron chi connectivity index (χ3n) is 6.08. The second kappa shape index (κ2) is 9.40. The van der Waals surface area contributed by atoms with Gasteiger partial charge in [0.15, 0.2) is 0 Å². The summed E-state index contributed by atoms with van der Waals surface area (Å²) in [6.45, 7) is 6.19. The van der Waals surface area contributed by atoms with Gasteiger partial charge in [0.05, 0.1) is 5.56 Å². The van der Waals surface area contributed by atoms with Gasteiger partial charge in [-0.1, -0.05) is 30.7 Å².